The molecule has 21 heavy (non-hydrogen) atoms. The second kappa shape index (κ2) is 7.28. The number of aryl methyl sites for hydroxylation is 1. The van der Waals surface area contributed by atoms with E-state index in [-0.39, 0.29) is 0 Å². The van der Waals surface area contributed by atoms with Gasteiger partial charge in [-0.2, -0.15) is 0 Å². The van der Waals surface area contributed by atoms with Crippen LogP contribution in [0, 0.1) is 6.92 Å². The molecular weight excluding hydrogens is 258 g/mol. The SMILES string of the molecule is CCC(C)c1ccccc1Oc1ccc(C)cc1CCN. The van der Waals surface area contributed by atoms with Gasteiger partial charge < -0.3 is 10.5 Å². The Morgan fingerprint density at radius 3 is 2.57 bits per heavy atom. The number of hydrogen-bond donors (Lipinski definition) is 1. The molecule has 0 saturated carbocycles. The molecule has 0 aromatic heterocycles. The lowest BCUT2D eigenvalue weighted by molar-refractivity contribution is 0.464. The highest BCUT2D eigenvalue weighted by molar-refractivity contribution is 5.44. The number of rotatable bonds is 6. The van der Waals surface area contributed by atoms with E-state index in [1.807, 2.05) is 18.2 Å². The standard InChI is InChI=1S/C19H25NO/c1-4-15(3)17-7-5-6-8-19(17)21-18-10-9-14(2)13-16(18)11-12-20/h5-10,13,15H,4,11-12,20H2,1-3H3. The van der Waals surface area contributed by atoms with Crippen LogP contribution in [0.3, 0.4) is 0 Å². The molecule has 0 aliphatic heterocycles. The van der Waals surface area contributed by atoms with E-state index in [1.165, 1.54) is 16.7 Å². The van der Waals surface area contributed by atoms with Crippen LogP contribution in [0.4, 0.5) is 0 Å². The third kappa shape index (κ3) is 3.85. The van der Waals surface area contributed by atoms with Crippen molar-refractivity contribution < 1.29 is 4.74 Å². The average molecular weight is 283 g/mol. The Kier molecular flexibility index (Phi) is 5.40. The minimum absolute atomic E-state index is 0.490. The normalized spacial score (nSPS) is 12.2. The number of hydrogen-bond acceptors (Lipinski definition) is 2. The smallest absolute Gasteiger partial charge is 0.130 e. The third-order valence-electron chi connectivity index (χ3n) is 3.91. The highest BCUT2D eigenvalue weighted by Gasteiger charge is 2.12. The van der Waals surface area contributed by atoms with Crippen molar-refractivity contribution in [2.24, 2.45) is 5.73 Å². The summed E-state index contributed by atoms with van der Waals surface area (Å²) in [6, 6.07) is 14.6. The van der Waals surface area contributed by atoms with Crippen LogP contribution in [0.1, 0.15) is 42.9 Å². The Labute approximate surface area is 127 Å². The maximum atomic E-state index is 6.22. The summed E-state index contributed by atoms with van der Waals surface area (Å²) in [4.78, 5) is 0. The highest BCUT2D eigenvalue weighted by atomic mass is 16.5. The van der Waals surface area contributed by atoms with Crippen molar-refractivity contribution in [3.63, 3.8) is 0 Å². The van der Waals surface area contributed by atoms with Gasteiger partial charge in [-0.3, -0.25) is 0 Å². The van der Waals surface area contributed by atoms with E-state index < -0.39 is 0 Å². The molecule has 1 unspecified atom stereocenters. The van der Waals surface area contributed by atoms with Crippen molar-refractivity contribution in [1.29, 1.82) is 0 Å². The van der Waals surface area contributed by atoms with Crippen molar-refractivity contribution in [3.8, 4) is 11.5 Å². The minimum Gasteiger partial charge on any atom is -0.457 e. The van der Waals surface area contributed by atoms with Crippen LogP contribution in [0.25, 0.3) is 0 Å². The lowest BCUT2D eigenvalue weighted by Gasteiger charge is -2.17. The first kappa shape index (κ1) is 15.6. The Morgan fingerprint density at radius 1 is 1.10 bits per heavy atom. The van der Waals surface area contributed by atoms with Gasteiger partial charge in [0.2, 0.25) is 0 Å². The van der Waals surface area contributed by atoms with Gasteiger partial charge in [0, 0.05) is 0 Å². The molecule has 0 amide bonds. The van der Waals surface area contributed by atoms with Crippen LogP contribution in [0.2, 0.25) is 0 Å². The van der Waals surface area contributed by atoms with Gasteiger partial charge in [0.1, 0.15) is 11.5 Å². The van der Waals surface area contributed by atoms with E-state index in [0.717, 1.165) is 24.3 Å². The Balaban J connectivity index is 2.34. The molecule has 2 nitrogen and oxygen atoms in total. The summed E-state index contributed by atoms with van der Waals surface area (Å²) in [6.07, 6.45) is 1.94. The van der Waals surface area contributed by atoms with E-state index in [9.17, 15) is 0 Å². The summed E-state index contributed by atoms with van der Waals surface area (Å²) >= 11 is 0. The van der Waals surface area contributed by atoms with E-state index in [4.69, 9.17) is 10.5 Å². The number of benzene rings is 2. The highest BCUT2D eigenvalue weighted by Crippen LogP contribution is 2.33. The molecule has 0 radical (unpaired) electrons. The maximum absolute atomic E-state index is 6.22. The van der Waals surface area contributed by atoms with E-state index >= 15 is 0 Å². The topological polar surface area (TPSA) is 35.2 Å². The van der Waals surface area contributed by atoms with Crippen LogP contribution >= 0.6 is 0 Å². The number of nitrogens with two attached hydrogens (primary N) is 1. The molecule has 0 bridgehead atoms. The van der Waals surface area contributed by atoms with Gasteiger partial charge >= 0.3 is 0 Å². The fourth-order valence-electron chi connectivity index (χ4n) is 2.48. The molecule has 1 atom stereocenters. The molecule has 2 N–H and O–H groups in total. The summed E-state index contributed by atoms with van der Waals surface area (Å²) in [5, 5.41) is 0. The molecule has 112 valence electrons. The second-order valence-corrected chi connectivity index (χ2v) is 5.60. The molecule has 0 aliphatic rings. The van der Waals surface area contributed by atoms with Crippen LogP contribution in [-0.2, 0) is 6.42 Å². The summed E-state index contributed by atoms with van der Waals surface area (Å²) in [5.74, 6) is 2.36. The summed E-state index contributed by atoms with van der Waals surface area (Å²) in [7, 11) is 0. The van der Waals surface area contributed by atoms with Gasteiger partial charge in [-0.15, -0.1) is 0 Å². The zero-order chi connectivity index (χ0) is 15.2. The van der Waals surface area contributed by atoms with Gasteiger partial charge in [0.05, 0.1) is 0 Å². The molecule has 0 spiro atoms. The third-order valence-corrected chi connectivity index (χ3v) is 3.91. The second-order valence-electron chi connectivity index (χ2n) is 5.60. The molecule has 0 fully saturated rings. The molecule has 2 heteroatoms. The Hall–Kier alpha value is -1.80. The predicted molar refractivity (Wildman–Crippen MR) is 89.2 cm³/mol. The van der Waals surface area contributed by atoms with Gasteiger partial charge in [-0.05, 0) is 55.5 Å². The van der Waals surface area contributed by atoms with Crippen LogP contribution in [-0.4, -0.2) is 6.54 Å². The zero-order valence-electron chi connectivity index (χ0n) is 13.2. The van der Waals surface area contributed by atoms with Crippen molar-refractivity contribution in [2.75, 3.05) is 6.54 Å². The Morgan fingerprint density at radius 2 is 1.86 bits per heavy atom. The molecular formula is C19H25NO. The van der Waals surface area contributed by atoms with Crippen LogP contribution in [0.15, 0.2) is 42.5 Å². The van der Waals surface area contributed by atoms with E-state index in [0.29, 0.717) is 12.5 Å². The van der Waals surface area contributed by atoms with E-state index in [2.05, 4.69) is 45.0 Å². The van der Waals surface area contributed by atoms with Crippen molar-refractivity contribution >= 4 is 0 Å². The molecule has 0 saturated heterocycles. The fraction of sp³-hybridized carbons (Fsp3) is 0.368. The Bertz CT molecular complexity index is 592. The quantitative estimate of drug-likeness (QED) is 0.826. The first-order valence-electron chi connectivity index (χ1n) is 7.72. The number of para-hydroxylation sites is 1. The van der Waals surface area contributed by atoms with Gasteiger partial charge in [0.15, 0.2) is 0 Å². The average Bonchev–Trinajstić information content (AvgIpc) is 2.50. The monoisotopic (exact) mass is 283 g/mol. The number of ether oxygens (including phenoxy) is 1. The first-order chi connectivity index (χ1) is 10.2. The maximum Gasteiger partial charge on any atom is 0.130 e. The van der Waals surface area contributed by atoms with Crippen LogP contribution < -0.4 is 10.5 Å². The van der Waals surface area contributed by atoms with Crippen molar-refractivity contribution in [1.82, 2.24) is 0 Å². The summed E-state index contributed by atoms with van der Waals surface area (Å²) in [5.41, 5.74) is 9.39. The van der Waals surface area contributed by atoms with E-state index in [1.54, 1.807) is 0 Å². The zero-order valence-corrected chi connectivity index (χ0v) is 13.2. The largest absolute Gasteiger partial charge is 0.457 e. The first-order valence-corrected chi connectivity index (χ1v) is 7.72. The molecule has 0 aliphatic carbocycles. The van der Waals surface area contributed by atoms with Gasteiger partial charge in [0.25, 0.3) is 0 Å². The molecule has 2 aromatic carbocycles. The lowest BCUT2D eigenvalue weighted by atomic mass is 9.98. The van der Waals surface area contributed by atoms with Crippen LogP contribution in [0.5, 0.6) is 11.5 Å². The lowest BCUT2D eigenvalue weighted by Crippen LogP contribution is -2.05. The molecule has 2 rings (SSSR count). The van der Waals surface area contributed by atoms with Gasteiger partial charge in [-0.1, -0.05) is 49.7 Å². The fourth-order valence-corrected chi connectivity index (χ4v) is 2.48. The summed E-state index contributed by atoms with van der Waals surface area (Å²) < 4.78 is 6.22. The molecule has 0 heterocycles. The van der Waals surface area contributed by atoms with Gasteiger partial charge in [-0.25, -0.2) is 0 Å². The van der Waals surface area contributed by atoms with Crippen molar-refractivity contribution in [2.45, 2.75) is 39.5 Å². The summed E-state index contributed by atoms with van der Waals surface area (Å²) in [6.45, 7) is 7.16. The molecule has 2 aromatic rings. The predicted octanol–water partition coefficient (Wildman–Crippen LogP) is 4.80. The minimum atomic E-state index is 0.490. The van der Waals surface area contributed by atoms with Crippen molar-refractivity contribution in [3.05, 3.63) is 59.2 Å².